The van der Waals surface area contributed by atoms with Gasteiger partial charge in [-0.05, 0) is 36.6 Å². The molecule has 0 aliphatic carbocycles. The first-order valence-corrected chi connectivity index (χ1v) is 7.76. The van der Waals surface area contributed by atoms with E-state index in [1.54, 1.807) is 0 Å². The molecule has 22 heavy (non-hydrogen) atoms. The van der Waals surface area contributed by atoms with Crippen molar-refractivity contribution < 1.29 is 5.11 Å². The van der Waals surface area contributed by atoms with Gasteiger partial charge in [-0.3, -0.25) is 0 Å². The van der Waals surface area contributed by atoms with E-state index in [1.807, 2.05) is 25.1 Å². The lowest BCUT2D eigenvalue weighted by atomic mass is 10.00. The Balaban J connectivity index is 1.83. The van der Waals surface area contributed by atoms with Crippen LogP contribution in [0.15, 0.2) is 24.3 Å². The number of aliphatic hydroxyl groups excluding tert-OH is 1. The maximum atomic E-state index is 8.91. The van der Waals surface area contributed by atoms with Crippen LogP contribution in [-0.2, 0) is 13.0 Å². The fraction of sp³-hybridized carbons (Fsp3) is 0.375. The molecule has 0 saturated carbocycles. The van der Waals surface area contributed by atoms with E-state index in [1.165, 1.54) is 11.1 Å². The molecular weight excluding hydrogens is 300 g/mol. The van der Waals surface area contributed by atoms with Gasteiger partial charge < -0.3 is 15.3 Å². The van der Waals surface area contributed by atoms with Crippen molar-refractivity contribution in [2.75, 3.05) is 29.9 Å². The minimum Gasteiger partial charge on any atom is -0.395 e. The van der Waals surface area contributed by atoms with Crippen molar-refractivity contribution in [3.63, 3.8) is 0 Å². The van der Waals surface area contributed by atoms with Crippen LogP contribution in [0.1, 0.15) is 16.8 Å². The van der Waals surface area contributed by atoms with Crippen LogP contribution in [0, 0.1) is 6.92 Å². The smallest absolute Gasteiger partial charge is 0.224 e. The predicted molar refractivity (Wildman–Crippen MR) is 88.6 cm³/mol. The van der Waals surface area contributed by atoms with Gasteiger partial charge in [0, 0.05) is 36.4 Å². The Morgan fingerprint density at radius 1 is 1.27 bits per heavy atom. The molecular formula is C16H19ClN4O. The van der Waals surface area contributed by atoms with Crippen molar-refractivity contribution in [2.45, 2.75) is 19.9 Å². The lowest BCUT2D eigenvalue weighted by Crippen LogP contribution is -2.31. The summed E-state index contributed by atoms with van der Waals surface area (Å²) in [5.74, 6) is 1.47. The molecule has 0 unspecified atom stereocenters. The monoisotopic (exact) mass is 318 g/mol. The van der Waals surface area contributed by atoms with Crippen molar-refractivity contribution in [3.05, 3.63) is 46.1 Å². The average Bonchev–Trinajstić information content (AvgIpc) is 2.52. The van der Waals surface area contributed by atoms with Crippen LogP contribution in [0.25, 0.3) is 0 Å². The number of aryl methyl sites for hydroxylation is 1. The molecule has 2 heterocycles. The Labute approximate surface area is 135 Å². The van der Waals surface area contributed by atoms with Crippen LogP contribution in [0.4, 0.5) is 11.8 Å². The van der Waals surface area contributed by atoms with E-state index >= 15 is 0 Å². The first kappa shape index (κ1) is 15.1. The van der Waals surface area contributed by atoms with Gasteiger partial charge in [0.15, 0.2) is 0 Å². The normalized spacial score (nSPS) is 13.9. The quantitative estimate of drug-likeness (QED) is 0.906. The van der Waals surface area contributed by atoms with Gasteiger partial charge in [0.1, 0.15) is 5.82 Å². The van der Waals surface area contributed by atoms with E-state index in [-0.39, 0.29) is 6.61 Å². The lowest BCUT2D eigenvalue weighted by molar-refractivity contribution is 0.311. The summed E-state index contributed by atoms with van der Waals surface area (Å²) in [5, 5.41) is 12.7. The molecule has 2 aromatic rings. The number of benzene rings is 1. The molecule has 0 fully saturated rings. The fourth-order valence-corrected chi connectivity index (χ4v) is 2.87. The molecule has 0 amide bonds. The summed E-state index contributed by atoms with van der Waals surface area (Å²) in [4.78, 5) is 11.1. The van der Waals surface area contributed by atoms with Crippen LogP contribution in [0.5, 0.6) is 0 Å². The lowest BCUT2D eigenvalue weighted by Gasteiger charge is -2.30. The van der Waals surface area contributed by atoms with Crippen molar-refractivity contribution in [1.82, 2.24) is 9.97 Å². The molecule has 0 saturated heterocycles. The number of halogens is 1. The van der Waals surface area contributed by atoms with Gasteiger partial charge in [-0.2, -0.15) is 4.98 Å². The Bertz CT molecular complexity index is 677. The van der Waals surface area contributed by atoms with Gasteiger partial charge in [0.05, 0.1) is 6.61 Å². The molecule has 1 aromatic heterocycles. The number of fused-ring (bicyclic) bond motifs is 1. The van der Waals surface area contributed by atoms with Gasteiger partial charge in [0.2, 0.25) is 5.95 Å². The van der Waals surface area contributed by atoms with Gasteiger partial charge in [-0.25, -0.2) is 4.98 Å². The second-order valence-corrected chi connectivity index (χ2v) is 5.86. The third-order valence-electron chi connectivity index (χ3n) is 3.74. The SMILES string of the molecule is Cc1cc(N2CCc3cc(Cl)ccc3C2)nc(NCCO)n1. The van der Waals surface area contributed by atoms with Gasteiger partial charge in [-0.1, -0.05) is 17.7 Å². The third-order valence-corrected chi connectivity index (χ3v) is 3.98. The maximum absolute atomic E-state index is 8.91. The van der Waals surface area contributed by atoms with E-state index < -0.39 is 0 Å². The highest BCUT2D eigenvalue weighted by atomic mass is 35.5. The summed E-state index contributed by atoms with van der Waals surface area (Å²) in [6.45, 7) is 4.19. The molecule has 6 heteroatoms. The summed E-state index contributed by atoms with van der Waals surface area (Å²) in [6, 6.07) is 8.06. The molecule has 0 atom stereocenters. The Morgan fingerprint density at radius 2 is 2.14 bits per heavy atom. The van der Waals surface area contributed by atoms with Gasteiger partial charge in [0.25, 0.3) is 0 Å². The molecule has 3 rings (SSSR count). The number of rotatable bonds is 4. The Morgan fingerprint density at radius 3 is 2.95 bits per heavy atom. The van der Waals surface area contributed by atoms with Crippen LogP contribution >= 0.6 is 11.6 Å². The minimum atomic E-state index is 0.0600. The predicted octanol–water partition coefficient (Wildman–Crippen LogP) is 2.41. The zero-order chi connectivity index (χ0) is 15.5. The number of anilines is 2. The van der Waals surface area contributed by atoms with E-state index in [2.05, 4.69) is 26.3 Å². The van der Waals surface area contributed by atoms with Crippen molar-refractivity contribution in [1.29, 1.82) is 0 Å². The number of nitrogens with zero attached hydrogens (tertiary/aromatic N) is 3. The summed E-state index contributed by atoms with van der Waals surface area (Å²) in [7, 11) is 0. The topological polar surface area (TPSA) is 61.3 Å². The molecule has 116 valence electrons. The summed E-state index contributed by atoms with van der Waals surface area (Å²) < 4.78 is 0. The third kappa shape index (κ3) is 3.31. The maximum Gasteiger partial charge on any atom is 0.224 e. The molecule has 0 radical (unpaired) electrons. The fourth-order valence-electron chi connectivity index (χ4n) is 2.68. The molecule has 2 N–H and O–H groups in total. The summed E-state index contributed by atoms with van der Waals surface area (Å²) in [6.07, 6.45) is 0.957. The Hall–Kier alpha value is -1.85. The molecule has 0 bridgehead atoms. The van der Waals surface area contributed by atoms with Gasteiger partial charge in [-0.15, -0.1) is 0 Å². The molecule has 5 nitrogen and oxygen atoms in total. The van der Waals surface area contributed by atoms with E-state index in [4.69, 9.17) is 16.7 Å². The van der Waals surface area contributed by atoms with Crippen molar-refractivity contribution in [3.8, 4) is 0 Å². The number of nitrogens with one attached hydrogen (secondary N) is 1. The second-order valence-electron chi connectivity index (χ2n) is 5.43. The number of hydrogen-bond acceptors (Lipinski definition) is 5. The summed E-state index contributed by atoms with van der Waals surface area (Å²) in [5.41, 5.74) is 3.51. The second kappa shape index (κ2) is 6.50. The number of hydrogen-bond donors (Lipinski definition) is 2. The van der Waals surface area contributed by atoms with Crippen molar-refractivity contribution in [2.24, 2.45) is 0 Å². The average molecular weight is 319 g/mol. The van der Waals surface area contributed by atoms with E-state index in [0.717, 1.165) is 36.0 Å². The first-order chi connectivity index (χ1) is 10.7. The standard InChI is InChI=1S/C16H19ClN4O/c1-11-8-15(20-16(19-11)18-5-7-22)21-6-4-12-9-14(17)3-2-13(12)10-21/h2-3,8-9,22H,4-7,10H2,1H3,(H,18,19,20). The molecule has 1 aliphatic rings. The van der Waals surface area contributed by atoms with E-state index in [0.29, 0.717) is 12.5 Å². The van der Waals surface area contributed by atoms with Crippen LogP contribution in [-0.4, -0.2) is 34.8 Å². The number of aliphatic hydroxyl groups is 1. The molecule has 0 spiro atoms. The van der Waals surface area contributed by atoms with Crippen LogP contribution in [0.3, 0.4) is 0 Å². The first-order valence-electron chi connectivity index (χ1n) is 7.38. The van der Waals surface area contributed by atoms with Crippen molar-refractivity contribution >= 4 is 23.4 Å². The highest BCUT2D eigenvalue weighted by molar-refractivity contribution is 6.30. The molecule has 1 aliphatic heterocycles. The zero-order valence-electron chi connectivity index (χ0n) is 12.5. The Kier molecular flexibility index (Phi) is 4.45. The van der Waals surface area contributed by atoms with Gasteiger partial charge >= 0.3 is 0 Å². The van der Waals surface area contributed by atoms with E-state index in [9.17, 15) is 0 Å². The zero-order valence-corrected chi connectivity index (χ0v) is 13.3. The highest BCUT2D eigenvalue weighted by Crippen LogP contribution is 2.26. The number of aromatic nitrogens is 2. The highest BCUT2D eigenvalue weighted by Gasteiger charge is 2.18. The summed E-state index contributed by atoms with van der Waals surface area (Å²) >= 11 is 6.06. The van der Waals surface area contributed by atoms with Crippen LogP contribution in [0.2, 0.25) is 5.02 Å². The van der Waals surface area contributed by atoms with Crippen LogP contribution < -0.4 is 10.2 Å². The largest absolute Gasteiger partial charge is 0.395 e. The minimum absolute atomic E-state index is 0.0600. The molecule has 1 aromatic carbocycles.